The summed E-state index contributed by atoms with van der Waals surface area (Å²) in [6, 6.07) is 7.83. The lowest BCUT2D eigenvalue weighted by molar-refractivity contribution is 0.415. The third kappa shape index (κ3) is 3.01. The molecule has 0 saturated carbocycles. The molecule has 0 aliphatic carbocycles. The summed E-state index contributed by atoms with van der Waals surface area (Å²) in [6.07, 6.45) is 1.55. The number of methoxy groups -OCH3 is 1. The van der Waals surface area contributed by atoms with Crippen LogP contribution >= 0.6 is 15.9 Å². The van der Waals surface area contributed by atoms with Crippen molar-refractivity contribution in [2.24, 2.45) is 0 Å². The summed E-state index contributed by atoms with van der Waals surface area (Å²) in [4.78, 5) is 10.5. The molecule has 0 bridgehead atoms. The maximum Gasteiger partial charge on any atom is 0.152 e. The highest BCUT2D eigenvalue weighted by atomic mass is 79.9. The van der Waals surface area contributed by atoms with Gasteiger partial charge in [-0.2, -0.15) is 0 Å². The number of aromatic nitrogens is 2. The summed E-state index contributed by atoms with van der Waals surface area (Å²) in [6.45, 7) is 2.83. The SMILES string of the molecule is CCNc1ncnc(N(C)c2cccc(OC)c2)c1Br. The van der Waals surface area contributed by atoms with Crippen LogP contribution in [0.1, 0.15) is 6.92 Å². The second-order valence-electron chi connectivity index (χ2n) is 4.15. The van der Waals surface area contributed by atoms with Gasteiger partial charge in [0.05, 0.1) is 7.11 Å². The average Bonchev–Trinajstić information content (AvgIpc) is 2.49. The van der Waals surface area contributed by atoms with E-state index in [1.807, 2.05) is 43.1 Å². The molecule has 0 radical (unpaired) electrons. The largest absolute Gasteiger partial charge is 0.497 e. The zero-order chi connectivity index (χ0) is 14.5. The Labute approximate surface area is 127 Å². The van der Waals surface area contributed by atoms with E-state index in [1.165, 1.54) is 0 Å². The maximum absolute atomic E-state index is 5.25. The van der Waals surface area contributed by atoms with E-state index in [0.717, 1.165) is 34.1 Å². The summed E-state index contributed by atoms with van der Waals surface area (Å²) >= 11 is 3.56. The van der Waals surface area contributed by atoms with Crippen molar-refractivity contribution in [3.05, 3.63) is 35.1 Å². The lowest BCUT2D eigenvalue weighted by atomic mass is 10.2. The Hall–Kier alpha value is -1.82. The maximum atomic E-state index is 5.25. The van der Waals surface area contributed by atoms with Crippen LogP contribution in [0.2, 0.25) is 0 Å². The van der Waals surface area contributed by atoms with Crippen molar-refractivity contribution in [1.82, 2.24) is 9.97 Å². The van der Waals surface area contributed by atoms with E-state index in [0.29, 0.717) is 0 Å². The van der Waals surface area contributed by atoms with Crippen LogP contribution in [0.15, 0.2) is 35.1 Å². The van der Waals surface area contributed by atoms with Crippen molar-refractivity contribution in [2.75, 3.05) is 30.9 Å². The standard InChI is InChI=1S/C14H17BrN4O/c1-4-16-13-12(15)14(18-9-17-13)19(2)10-6-5-7-11(8-10)20-3/h5-9H,4H2,1-3H3,(H,16,17,18). The van der Waals surface area contributed by atoms with Crippen molar-refractivity contribution >= 4 is 33.3 Å². The molecule has 2 rings (SSSR count). The Kier molecular flexibility index (Phi) is 4.79. The summed E-state index contributed by atoms with van der Waals surface area (Å²) in [5.74, 6) is 2.39. The lowest BCUT2D eigenvalue weighted by Gasteiger charge is -2.21. The molecule has 0 amide bonds. The predicted molar refractivity (Wildman–Crippen MR) is 85.0 cm³/mol. The van der Waals surface area contributed by atoms with Crippen LogP contribution in [0.5, 0.6) is 5.75 Å². The molecule has 5 nitrogen and oxygen atoms in total. The van der Waals surface area contributed by atoms with Crippen molar-refractivity contribution in [3.63, 3.8) is 0 Å². The first kappa shape index (κ1) is 14.6. The van der Waals surface area contributed by atoms with Crippen LogP contribution in [0.3, 0.4) is 0 Å². The molecule has 106 valence electrons. The topological polar surface area (TPSA) is 50.3 Å². The molecule has 0 atom stereocenters. The molecule has 2 aromatic rings. The summed E-state index contributed by atoms with van der Waals surface area (Å²) in [5, 5.41) is 3.20. The van der Waals surface area contributed by atoms with Gasteiger partial charge in [-0.25, -0.2) is 9.97 Å². The number of hydrogen-bond acceptors (Lipinski definition) is 5. The fourth-order valence-corrected chi connectivity index (χ4v) is 2.44. The van der Waals surface area contributed by atoms with Gasteiger partial charge in [-0.15, -0.1) is 0 Å². The Bertz CT molecular complexity index is 591. The lowest BCUT2D eigenvalue weighted by Crippen LogP contribution is -2.13. The first-order valence-corrected chi connectivity index (χ1v) is 7.08. The van der Waals surface area contributed by atoms with Gasteiger partial charge in [0.2, 0.25) is 0 Å². The Morgan fingerprint density at radius 3 is 2.85 bits per heavy atom. The number of nitrogens with zero attached hydrogens (tertiary/aromatic N) is 3. The number of benzene rings is 1. The highest BCUT2D eigenvalue weighted by molar-refractivity contribution is 9.10. The third-order valence-corrected chi connectivity index (χ3v) is 3.60. The highest BCUT2D eigenvalue weighted by Gasteiger charge is 2.14. The molecule has 0 saturated heterocycles. The first-order valence-electron chi connectivity index (χ1n) is 6.29. The zero-order valence-corrected chi connectivity index (χ0v) is 13.3. The number of halogens is 1. The number of anilines is 3. The Morgan fingerprint density at radius 2 is 2.15 bits per heavy atom. The van der Waals surface area contributed by atoms with Crippen LogP contribution in [-0.4, -0.2) is 30.7 Å². The predicted octanol–water partition coefficient (Wildman–Crippen LogP) is 3.45. The minimum absolute atomic E-state index is 0.784. The van der Waals surface area contributed by atoms with Crippen LogP contribution < -0.4 is 15.0 Å². The first-order chi connectivity index (χ1) is 9.67. The molecule has 20 heavy (non-hydrogen) atoms. The van der Waals surface area contributed by atoms with Crippen molar-refractivity contribution in [2.45, 2.75) is 6.92 Å². The molecule has 0 fully saturated rings. The molecule has 1 heterocycles. The molecule has 0 unspecified atom stereocenters. The molecular weight excluding hydrogens is 320 g/mol. The molecule has 0 spiro atoms. The minimum atomic E-state index is 0.784. The normalized spacial score (nSPS) is 10.2. The number of rotatable bonds is 5. The van der Waals surface area contributed by atoms with Gasteiger partial charge >= 0.3 is 0 Å². The minimum Gasteiger partial charge on any atom is -0.497 e. The van der Waals surface area contributed by atoms with Crippen molar-refractivity contribution < 1.29 is 4.74 Å². The average molecular weight is 337 g/mol. The monoisotopic (exact) mass is 336 g/mol. The number of hydrogen-bond donors (Lipinski definition) is 1. The molecule has 0 aliphatic heterocycles. The summed E-state index contributed by atoms with van der Waals surface area (Å²) in [7, 11) is 3.61. The molecule has 6 heteroatoms. The van der Waals surface area contributed by atoms with Crippen molar-refractivity contribution in [3.8, 4) is 5.75 Å². The van der Waals surface area contributed by atoms with Crippen LogP contribution in [0.25, 0.3) is 0 Å². The van der Waals surface area contributed by atoms with Crippen LogP contribution in [-0.2, 0) is 0 Å². The van der Waals surface area contributed by atoms with Gasteiger partial charge in [0.25, 0.3) is 0 Å². The fraction of sp³-hybridized carbons (Fsp3) is 0.286. The van der Waals surface area contributed by atoms with Gasteiger partial charge in [-0.3, -0.25) is 0 Å². The van der Waals surface area contributed by atoms with E-state index in [2.05, 4.69) is 31.2 Å². The van der Waals surface area contributed by atoms with Crippen LogP contribution in [0, 0.1) is 0 Å². The Morgan fingerprint density at radius 1 is 1.35 bits per heavy atom. The van der Waals surface area contributed by atoms with E-state index in [-0.39, 0.29) is 0 Å². The van der Waals surface area contributed by atoms with Gasteiger partial charge in [-0.1, -0.05) is 6.07 Å². The fourth-order valence-electron chi connectivity index (χ4n) is 1.83. The van der Waals surface area contributed by atoms with E-state index in [9.17, 15) is 0 Å². The molecule has 0 aliphatic rings. The molecule has 1 aromatic carbocycles. The highest BCUT2D eigenvalue weighted by Crippen LogP contribution is 2.33. The van der Waals surface area contributed by atoms with E-state index >= 15 is 0 Å². The summed E-state index contributed by atoms with van der Waals surface area (Å²) < 4.78 is 6.09. The van der Waals surface area contributed by atoms with E-state index in [4.69, 9.17) is 4.74 Å². The smallest absolute Gasteiger partial charge is 0.152 e. The van der Waals surface area contributed by atoms with Gasteiger partial charge in [-0.05, 0) is 35.0 Å². The van der Waals surface area contributed by atoms with Crippen LogP contribution in [0.4, 0.5) is 17.3 Å². The third-order valence-electron chi connectivity index (χ3n) is 2.87. The quantitative estimate of drug-likeness (QED) is 0.906. The second kappa shape index (κ2) is 6.56. The molecular formula is C14H17BrN4O. The van der Waals surface area contributed by atoms with E-state index in [1.54, 1.807) is 13.4 Å². The van der Waals surface area contributed by atoms with Gasteiger partial charge in [0.1, 0.15) is 22.4 Å². The second-order valence-corrected chi connectivity index (χ2v) is 4.94. The van der Waals surface area contributed by atoms with Gasteiger partial charge < -0.3 is 15.0 Å². The van der Waals surface area contributed by atoms with E-state index < -0.39 is 0 Å². The molecule has 1 N–H and O–H groups in total. The van der Waals surface area contributed by atoms with Crippen molar-refractivity contribution in [1.29, 1.82) is 0 Å². The Balaban J connectivity index is 2.37. The molecule has 1 aromatic heterocycles. The number of ether oxygens (including phenoxy) is 1. The number of nitrogens with one attached hydrogen (secondary N) is 1. The summed E-state index contributed by atoms with van der Waals surface area (Å²) in [5.41, 5.74) is 0.992. The van der Waals surface area contributed by atoms with Gasteiger partial charge in [0, 0.05) is 25.3 Å². The zero-order valence-electron chi connectivity index (χ0n) is 11.7. The van der Waals surface area contributed by atoms with Gasteiger partial charge in [0.15, 0.2) is 5.82 Å².